The fraction of sp³-hybridized carbons (Fsp3) is 0.150. The van der Waals surface area contributed by atoms with Crippen molar-refractivity contribution >= 4 is 47.0 Å². The van der Waals surface area contributed by atoms with Crippen molar-refractivity contribution in [2.45, 2.75) is 12.8 Å². The predicted octanol–water partition coefficient (Wildman–Crippen LogP) is 4.51. The van der Waals surface area contributed by atoms with Crippen molar-refractivity contribution in [3.8, 4) is 0 Å². The number of carboxylic acid groups (broad SMARTS) is 1. The zero-order valence-electron chi connectivity index (χ0n) is 14.8. The third-order valence-electron chi connectivity index (χ3n) is 3.41. The number of aliphatic hydroxyl groups is 1. The van der Waals surface area contributed by atoms with Crippen LogP contribution in [0.3, 0.4) is 0 Å². The molecule has 0 spiro atoms. The molecule has 0 saturated carbocycles. The number of rotatable bonds is 6. The molecule has 8 heteroatoms. The molecule has 0 aliphatic carbocycles. The Morgan fingerprint density at radius 2 is 1.54 bits per heavy atom. The lowest BCUT2D eigenvalue weighted by Crippen LogP contribution is -2.12. The van der Waals surface area contributed by atoms with Gasteiger partial charge in [-0.15, -0.1) is 0 Å². The van der Waals surface area contributed by atoms with Crippen LogP contribution in [0.1, 0.15) is 24.0 Å². The molecule has 28 heavy (non-hydrogen) atoms. The molecule has 2 N–H and O–H groups in total. The van der Waals surface area contributed by atoms with Gasteiger partial charge in [-0.25, -0.2) is 4.79 Å². The maximum absolute atomic E-state index is 11.4. The minimum atomic E-state index is -1.16. The quantitative estimate of drug-likeness (QED) is 0.232. The highest BCUT2D eigenvalue weighted by Crippen LogP contribution is 2.18. The van der Waals surface area contributed by atoms with Crippen LogP contribution in [0, 0.1) is 0 Å². The molecule has 0 bridgehead atoms. The summed E-state index contributed by atoms with van der Waals surface area (Å²) in [5.41, 5.74) is 1.13. The Balaban J connectivity index is 0.000000283. The molecule has 0 aromatic heterocycles. The van der Waals surface area contributed by atoms with Gasteiger partial charge in [-0.1, -0.05) is 47.5 Å². The van der Waals surface area contributed by atoms with Crippen LogP contribution >= 0.6 is 23.2 Å². The van der Waals surface area contributed by atoms with E-state index in [-0.39, 0.29) is 12.2 Å². The maximum Gasteiger partial charge on any atom is 0.341 e. The van der Waals surface area contributed by atoms with Crippen molar-refractivity contribution in [1.82, 2.24) is 0 Å². The lowest BCUT2D eigenvalue weighted by Gasteiger charge is -2.05. The number of aliphatic carboxylic acids is 1. The van der Waals surface area contributed by atoms with Crippen molar-refractivity contribution in [2.24, 2.45) is 0 Å². The molecule has 0 amide bonds. The molecule has 0 aliphatic heterocycles. The second kappa shape index (κ2) is 11.8. The molecule has 1 unspecified atom stereocenters. The second-order valence-corrected chi connectivity index (χ2v) is 6.15. The number of benzene rings is 2. The van der Waals surface area contributed by atoms with Gasteiger partial charge >= 0.3 is 11.9 Å². The SMILES string of the molecule is CCOC(=O)C(=CO)c1ccc(Cl)cc1.O=CC(C(=O)O)c1ccc(Cl)cc1. The van der Waals surface area contributed by atoms with Crippen molar-refractivity contribution in [2.75, 3.05) is 6.61 Å². The number of ether oxygens (including phenoxy) is 1. The molecule has 2 aromatic carbocycles. The summed E-state index contributed by atoms with van der Waals surface area (Å²) in [6, 6.07) is 12.7. The Morgan fingerprint density at radius 1 is 1.04 bits per heavy atom. The normalized spacial score (nSPS) is 11.6. The molecule has 0 radical (unpaired) electrons. The molecule has 0 aliphatic rings. The summed E-state index contributed by atoms with van der Waals surface area (Å²) in [7, 11) is 0. The highest BCUT2D eigenvalue weighted by Gasteiger charge is 2.18. The average Bonchev–Trinajstić information content (AvgIpc) is 2.66. The summed E-state index contributed by atoms with van der Waals surface area (Å²) in [6.45, 7) is 1.97. The van der Waals surface area contributed by atoms with Crippen LogP contribution in [0.4, 0.5) is 0 Å². The monoisotopic (exact) mass is 424 g/mol. The molecule has 0 fully saturated rings. The number of carbonyl (C=O) groups excluding carboxylic acids is 2. The highest BCUT2D eigenvalue weighted by molar-refractivity contribution is 6.31. The third-order valence-corrected chi connectivity index (χ3v) is 3.91. The fourth-order valence-electron chi connectivity index (χ4n) is 2.03. The lowest BCUT2D eigenvalue weighted by atomic mass is 10.0. The molecule has 2 rings (SSSR count). The standard InChI is InChI=1S/C11H11ClO3.C9H7ClO3/c1-2-15-11(14)10(7-13)8-3-5-9(12)6-4-8;10-7-3-1-6(2-4-7)8(5-11)9(12)13/h3-7,13H,2H2,1H3;1-5,8H,(H,12,13). The van der Waals surface area contributed by atoms with Gasteiger partial charge in [0.15, 0.2) is 0 Å². The van der Waals surface area contributed by atoms with E-state index in [1.165, 1.54) is 12.1 Å². The molecule has 6 nitrogen and oxygen atoms in total. The number of hydrogen-bond acceptors (Lipinski definition) is 5. The van der Waals surface area contributed by atoms with Gasteiger partial charge in [-0.2, -0.15) is 0 Å². The van der Waals surface area contributed by atoms with E-state index in [4.69, 9.17) is 38.2 Å². The molecule has 2 aromatic rings. The van der Waals surface area contributed by atoms with Crippen LogP contribution in [0.25, 0.3) is 5.57 Å². The molecule has 148 valence electrons. The second-order valence-electron chi connectivity index (χ2n) is 5.27. The Hall–Kier alpha value is -2.83. The van der Waals surface area contributed by atoms with E-state index < -0.39 is 17.9 Å². The number of hydrogen-bond donors (Lipinski definition) is 2. The largest absolute Gasteiger partial charge is 0.515 e. The smallest absolute Gasteiger partial charge is 0.341 e. The Morgan fingerprint density at radius 3 is 1.93 bits per heavy atom. The van der Waals surface area contributed by atoms with Gasteiger partial charge in [0.1, 0.15) is 17.8 Å². The van der Waals surface area contributed by atoms with Gasteiger partial charge in [-0.3, -0.25) is 4.79 Å². The summed E-state index contributed by atoms with van der Waals surface area (Å²) in [4.78, 5) is 32.3. The topological polar surface area (TPSA) is 101 Å². The number of aldehydes is 1. The van der Waals surface area contributed by atoms with Gasteiger partial charge in [-0.05, 0) is 42.3 Å². The van der Waals surface area contributed by atoms with Crippen molar-refractivity contribution in [1.29, 1.82) is 0 Å². The highest BCUT2D eigenvalue weighted by atomic mass is 35.5. The van der Waals surface area contributed by atoms with Crippen LogP contribution in [-0.2, 0) is 19.1 Å². The van der Waals surface area contributed by atoms with E-state index in [2.05, 4.69) is 0 Å². The third kappa shape index (κ3) is 7.06. The zero-order valence-corrected chi connectivity index (χ0v) is 16.4. The minimum absolute atomic E-state index is 0.119. The Labute approximate surface area is 172 Å². The number of halogens is 2. The molecular formula is C20H18Cl2O6. The van der Waals surface area contributed by atoms with E-state index in [0.29, 0.717) is 27.5 Å². The predicted molar refractivity (Wildman–Crippen MR) is 107 cm³/mol. The number of aliphatic hydroxyl groups excluding tert-OH is 1. The fourth-order valence-corrected chi connectivity index (χ4v) is 2.28. The first-order valence-electron chi connectivity index (χ1n) is 8.05. The summed E-state index contributed by atoms with van der Waals surface area (Å²) in [5, 5.41) is 18.7. The van der Waals surface area contributed by atoms with Crippen molar-refractivity contribution in [3.63, 3.8) is 0 Å². The van der Waals surface area contributed by atoms with E-state index in [9.17, 15) is 14.4 Å². The van der Waals surface area contributed by atoms with Gasteiger partial charge in [0.25, 0.3) is 0 Å². The van der Waals surface area contributed by atoms with Gasteiger partial charge in [0.05, 0.1) is 12.9 Å². The van der Waals surface area contributed by atoms with Crippen LogP contribution in [0.5, 0.6) is 0 Å². The number of carboxylic acids is 1. The number of esters is 1. The van der Waals surface area contributed by atoms with E-state index >= 15 is 0 Å². The van der Waals surface area contributed by atoms with Gasteiger partial charge < -0.3 is 19.7 Å². The summed E-state index contributed by atoms with van der Waals surface area (Å²) in [5.74, 6) is -2.81. The molecular weight excluding hydrogens is 407 g/mol. The first-order chi connectivity index (χ1) is 13.3. The minimum Gasteiger partial charge on any atom is -0.515 e. The van der Waals surface area contributed by atoms with Crippen molar-refractivity contribution < 1.29 is 29.3 Å². The van der Waals surface area contributed by atoms with Crippen LogP contribution in [-0.4, -0.2) is 35.0 Å². The van der Waals surface area contributed by atoms with E-state index in [0.717, 1.165) is 6.26 Å². The van der Waals surface area contributed by atoms with Crippen LogP contribution in [0.15, 0.2) is 54.8 Å². The first-order valence-corrected chi connectivity index (χ1v) is 8.80. The van der Waals surface area contributed by atoms with Crippen LogP contribution in [0.2, 0.25) is 10.0 Å². The average molecular weight is 425 g/mol. The van der Waals surface area contributed by atoms with Gasteiger partial charge in [0, 0.05) is 10.0 Å². The molecule has 0 saturated heterocycles. The van der Waals surface area contributed by atoms with E-state index in [1.807, 2.05) is 0 Å². The Bertz CT molecular complexity index is 829. The Kier molecular flexibility index (Phi) is 9.78. The lowest BCUT2D eigenvalue weighted by molar-refractivity contribution is -0.140. The van der Waals surface area contributed by atoms with Crippen molar-refractivity contribution in [3.05, 3.63) is 76.0 Å². The molecule has 1 atom stereocenters. The first kappa shape index (κ1) is 23.2. The van der Waals surface area contributed by atoms with Crippen LogP contribution < -0.4 is 0 Å². The number of carbonyl (C=O) groups is 3. The maximum atomic E-state index is 11.4. The van der Waals surface area contributed by atoms with Gasteiger partial charge in [0.2, 0.25) is 0 Å². The van der Waals surface area contributed by atoms with E-state index in [1.54, 1.807) is 43.3 Å². The summed E-state index contributed by atoms with van der Waals surface area (Å²) >= 11 is 11.3. The summed E-state index contributed by atoms with van der Waals surface area (Å²) < 4.78 is 4.78. The summed E-state index contributed by atoms with van der Waals surface area (Å²) in [6.07, 6.45) is 1.13. The zero-order chi connectivity index (χ0) is 21.1. The molecule has 0 heterocycles.